The Morgan fingerprint density at radius 3 is 1.61 bits per heavy atom. The molecule has 9 heteroatoms. The fraction of sp³-hybridized carbons (Fsp3) is 0.379. The Bertz CT molecular complexity index is 1230. The lowest BCUT2D eigenvalue weighted by molar-refractivity contribution is -0.364. The SMILES string of the molecule is C[C@H]1O[C@@H]2[C@H](OCc3ccccc3)[C@H](OCc3ccccc3)[C@H]3O[P@](=O)(OCc4ccccc4)O[C@@H]2[C@H]3O1. The first-order chi connectivity index (χ1) is 18.6. The van der Waals surface area contributed by atoms with Gasteiger partial charge in [-0.15, -0.1) is 0 Å². The van der Waals surface area contributed by atoms with Crippen LogP contribution in [0.5, 0.6) is 0 Å². The molecule has 0 radical (unpaired) electrons. The molecule has 3 aromatic carbocycles. The summed E-state index contributed by atoms with van der Waals surface area (Å²) >= 11 is 0. The Morgan fingerprint density at radius 1 is 0.605 bits per heavy atom. The quantitative estimate of drug-likeness (QED) is 0.335. The van der Waals surface area contributed by atoms with Crippen LogP contribution in [-0.2, 0) is 56.9 Å². The van der Waals surface area contributed by atoms with Gasteiger partial charge in [0.1, 0.15) is 36.6 Å². The maximum absolute atomic E-state index is 13.8. The highest BCUT2D eigenvalue weighted by atomic mass is 31.2. The molecule has 0 aromatic heterocycles. The minimum atomic E-state index is -3.96. The number of benzene rings is 3. The third-order valence-corrected chi connectivity index (χ3v) is 8.39. The summed E-state index contributed by atoms with van der Waals surface area (Å²) in [5.41, 5.74) is 2.86. The first-order valence-corrected chi connectivity index (χ1v) is 14.3. The lowest BCUT2D eigenvalue weighted by Gasteiger charge is -2.56. The number of ether oxygens (including phenoxy) is 4. The van der Waals surface area contributed by atoms with Gasteiger partial charge >= 0.3 is 7.82 Å². The van der Waals surface area contributed by atoms with Crippen LogP contribution in [-0.4, -0.2) is 42.9 Å². The molecule has 0 unspecified atom stereocenters. The van der Waals surface area contributed by atoms with Crippen molar-refractivity contribution in [3.05, 3.63) is 108 Å². The molecular weight excluding hydrogens is 507 g/mol. The van der Waals surface area contributed by atoms with Gasteiger partial charge < -0.3 is 18.9 Å². The largest absolute Gasteiger partial charge is 0.476 e. The molecule has 3 fully saturated rings. The number of rotatable bonds is 9. The molecule has 2 aliphatic heterocycles. The lowest BCUT2D eigenvalue weighted by atomic mass is 9.83. The van der Waals surface area contributed by atoms with E-state index in [1.807, 2.05) is 97.9 Å². The highest BCUT2D eigenvalue weighted by Gasteiger charge is 2.64. The second kappa shape index (κ2) is 11.4. The van der Waals surface area contributed by atoms with Crippen molar-refractivity contribution in [2.75, 3.05) is 0 Å². The summed E-state index contributed by atoms with van der Waals surface area (Å²) < 4.78 is 56.8. The molecule has 3 aromatic rings. The molecule has 200 valence electrons. The molecule has 3 aliphatic rings. The molecule has 0 N–H and O–H groups in total. The normalized spacial score (nSPS) is 34.1. The summed E-state index contributed by atoms with van der Waals surface area (Å²) in [5.74, 6) is 0. The fourth-order valence-corrected chi connectivity index (χ4v) is 6.73. The van der Waals surface area contributed by atoms with Gasteiger partial charge in [0.25, 0.3) is 0 Å². The van der Waals surface area contributed by atoms with E-state index >= 15 is 0 Å². The molecule has 2 heterocycles. The standard InChI is InChI=1S/C29H31O8P/c1-20-34-26-24(31-17-21-11-5-2-6-12-21)25(32-18-22-13-7-3-8-14-22)28-27(35-20)29(26)37-38(30,36-28)33-19-23-15-9-4-10-16-23/h2-16,20,24-29H,17-19H2,1H3/t20-,24+,25-,26+,27-,28+,29-,38-/m0/s1. The molecular formula is C29H31O8P. The number of phosphoric acid groups is 1. The predicted molar refractivity (Wildman–Crippen MR) is 138 cm³/mol. The number of hydrogen-bond acceptors (Lipinski definition) is 8. The van der Waals surface area contributed by atoms with Crippen molar-refractivity contribution in [3.8, 4) is 0 Å². The Labute approximate surface area is 222 Å². The Hall–Kier alpha value is -2.39. The smallest absolute Gasteiger partial charge is 0.368 e. The van der Waals surface area contributed by atoms with Crippen molar-refractivity contribution >= 4 is 7.82 Å². The van der Waals surface area contributed by atoms with Gasteiger partial charge in [-0.05, 0) is 23.6 Å². The zero-order valence-corrected chi connectivity index (χ0v) is 21.9. The van der Waals surface area contributed by atoms with E-state index in [0.29, 0.717) is 13.2 Å². The Morgan fingerprint density at radius 2 is 1.05 bits per heavy atom. The van der Waals surface area contributed by atoms with Gasteiger partial charge in [0.2, 0.25) is 0 Å². The van der Waals surface area contributed by atoms with Gasteiger partial charge in [-0.25, -0.2) is 4.57 Å². The van der Waals surface area contributed by atoms with E-state index in [4.69, 9.17) is 32.5 Å². The van der Waals surface area contributed by atoms with Gasteiger partial charge in [-0.2, -0.15) is 0 Å². The van der Waals surface area contributed by atoms with Crippen LogP contribution in [0.1, 0.15) is 23.6 Å². The van der Waals surface area contributed by atoms with Crippen LogP contribution < -0.4 is 0 Å². The monoisotopic (exact) mass is 538 g/mol. The van der Waals surface area contributed by atoms with E-state index in [0.717, 1.165) is 16.7 Å². The maximum Gasteiger partial charge on any atom is 0.476 e. The van der Waals surface area contributed by atoms with E-state index in [-0.39, 0.29) is 6.61 Å². The minimum absolute atomic E-state index is 0.0779. The highest BCUT2D eigenvalue weighted by Crippen LogP contribution is 2.60. The second-order valence-electron chi connectivity index (χ2n) is 9.64. The second-order valence-corrected chi connectivity index (χ2v) is 11.2. The summed E-state index contributed by atoms with van der Waals surface area (Å²) in [6.45, 7) is 2.55. The van der Waals surface area contributed by atoms with Gasteiger partial charge in [-0.1, -0.05) is 91.0 Å². The van der Waals surface area contributed by atoms with Gasteiger partial charge in [0.05, 0.1) is 19.8 Å². The molecule has 38 heavy (non-hydrogen) atoms. The molecule has 0 spiro atoms. The van der Waals surface area contributed by atoms with E-state index in [2.05, 4.69) is 0 Å². The molecule has 1 saturated carbocycles. The van der Waals surface area contributed by atoms with Crippen molar-refractivity contribution in [1.29, 1.82) is 0 Å². The van der Waals surface area contributed by atoms with Crippen molar-refractivity contribution in [1.82, 2.24) is 0 Å². The van der Waals surface area contributed by atoms with Crippen LogP contribution in [0.25, 0.3) is 0 Å². The number of phosphoric ester groups is 1. The van der Waals surface area contributed by atoms with E-state index in [1.165, 1.54) is 0 Å². The summed E-state index contributed by atoms with van der Waals surface area (Å²) in [6.07, 6.45) is -4.32. The maximum atomic E-state index is 13.8. The third-order valence-electron chi connectivity index (χ3n) is 6.94. The molecule has 2 saturated heterocycles. The van der Waals surface area contributed by atoms with Crippen LogP contribution in [0, 0.1) is 0 Å². The lowest BCUT2D eigenvalue weighted by Crippen LogP contribution is -2.72. The minimum Gasteiger partial charge on any atom is -0.368 e. The molecule has 8 nitrogen and oxygen atoms in total. The molecule has 1 aliphatic carbocycles. The van der Waals surface area contributed by atoms with Crippen molar-refractivity contribution in [2.45, 2.75) is 69.7 Å². The summed E-state index contributed by atoms with van der Waals surface area (Å²) in [6, 6.07) is 29.2. The van der Waals surface area contributed by atoms with Crippen molar-refractivity contribution in [3.63, 3.8) is 0 Å². The average molecular weight is 539 g/mol. The predicted octanol–water partition coefficient (Wildman–Crippen LogP) is 5.41. The van der Waals surface area contributed by atoms with Crippen LogP contribution in [0.2, 0.25) is 0 Å². The van der Waals surface area contributed by atoms with Crippen LogP contribution >= 0.6 is 7.82 Å². The fourth-order valence-electron chi connectivity index (χ4n) is 5.17. The zero-order chi connectivity index (χ0) is 26.0. The molecule has 4 bridgehead atoms. The molecule has 6 rings (SSSR count). The Balaban J connectivity index is 1.27. The van der Waals surface area contributed by atoms with Crippen LogP contribution in [0.15, 0.2) is 91.0 Å². The third kappa shape index (κ3) is 5.64. The van der Waals surface area contributed by atoms with Crippen molar-refractivity contribution < 1.29 is 37.1 Å². The van der Waals surface area contributed by atoms with Gasteiger partial charge in [0, 0.05) is 0 Å². The zero-order valence-electron chi connectivity index (χ0n) is 21.0. The summed E-state index contributed by atoms with van der Waals surface area (Å²) in [4.78, 5) is 0. The molecule has 0 amide bonds. The molecule has 8 atom stereocenters. The summed E-state index contributed by atoms with van der Waals surface area (Å²) in [5, 5.41) is 0. The summed E-state index contributed by atoms with van der Waals surface area (Å²) in [7, 11) is -3.96. The van der Waals surface area contributed by atoms with E-state index in [1.54, 1.807) is 0 Å². The van der Waals surface area contributed by atoms with E-state index in [9.17, 15) is 4.57 Å². The first kappa shape index (κ1) is 25.9. The van der Waals surface area contributed by atoms with Gasteiger partial charge in [-0.3, -0.25) is 13.6 Å². The number of hydrogen-bond donors (Lipinski definition) is 0. The first-order valence-electron chi connectivity index (χ1n) is 12.9. The average Bonchev–Trinajstić information content (AvgIpc) is 2.94. The highest BCUT2D eigenvalue weighted by molar-refractivity contribution is 7.48. The van der Waals surface area contributed by atoms with Gasteiger partial charge in [0.15, 0.2) is 6.29 Å². The topological polar surface area (TPSA) is 81.7 Å². The van der Waals surface area contributed by atoms with Crippen LogP contribution in [0.4, 0.5) is 0 Å². The van der Waals surface area contributed by atoms with Crippen molar-refractivity contribution in [2.24, 2.45) is 0 Å². The Kier molecular flexibility index (Phi) is 7.75. The van der Waals surface area contributed by atoms with Crippen LogP contribution in [0.3, 0.4) is 0 Å². The van der Waals surface area contributed by atoms with E-state index < -0.39 is 50.7 Å².